The first-order chi connectivity index (χ1) is 11.8. The molecular formula is C13H10BrCl2N5O3S. The zero-order valence-electron chi connectivity index (χ0n) is 12.2. The van der Waals surface area contributed by atoms with Crippen molar-refractivity contribution in [2.75, 3.05) is 5.32 Å². The van der Waals surface area contributed by atoms with Gasteiger partial charge < -0.3 is 5.11 Å². The Morgan fingerprint density at radius 3 is 2.88 bits per heavy atom. The zero-order chi connectivity index (χ0) is 18.4. The highest BCUT2D eigenvalue weighted by Crippen LogP contribution is 2.20. The van der Waals surface area contributed by atoms with E-state index in [1.165, 1.54) is 12.3 Å². The van der Waals surface area contributed by atoms with Crippen LogP contribution in [0.2, 0.25) is 0 Å². The Morgan fingerprint density at radius 1 is 1.40 bits per heavy atom. The van der Waals surface area contributed by atoms with E-state index >= 15 is 0 Å². The molecule has 0 aliphatic rings. The molecule has 12 heteroatoms. The third-order valence-electron chi connectivity index (χ3n) is 2.59. The van der Waals surface area contributed by atoms with E-state index in [1.807, 2.05) is 0 Å². The molecule has 2 amide bonds. The second-order valence-electron chi connectivity index (χ2n) is 4.46. The third kappa shape index (κ3) is 6.24. The Balaban J connectivity index is 1.88. The number of carbonyl (C=O) groups excluding carboxylic acids is 2. The van der Waals surface area contributed by atoms with Crippen LogP contribution < -0.4 is 10.7 Å². The van der Waals surface area contributed by atoms with E-state index in [0.29, 0.717) is 10.6 Å². The molecule has 1 aromatic carbocycles. The number of amides is 2. The highest BCUT2D eigenvalue weighted by atomic mass is 79.9. The van der Waals surface area contributed by atoms with E-state index in [0.717, 1.165) is 15.8 Å². The molecule has 1 heterocycles. The van der Waals surface area contributed by atoms with Gasteiger partial charge in [-0.3, -0.25) is 14.9 Å². The fraction of sp³-hybridized carbons (Fsp3) is 0.154. The molecule has 0 atom stereocenters. The van der Waals surface area contributed by atoms with Crippen LogP contribution >= 0.6 is 50.5 Å². The minimum Gasteiger partial charge on any atom is -0.507 e. The van der Waals surface area contributed by atoms with Crippen LogP contribution in [0.1, 0.15) is 10.6 Å². The summed E-state index contributed by atoms with van der Waals surface area (Å²) < 4.78 is 0.762. The SMILES string of the molecule is O=C(Cc1nnc(NC(=O)C(Cl)Cl)s1)N/N=C\c1cc(Br)ccc1O. The molecule has 25 heavy (non-hydrogen) atoms. The maximum absolute atomic E-state index is 11.8. The van der Waals surface area contributed by atoms with Crippen molar-refractivity contribution >= 4 is 73.6 Å². The lowest BCUT2D eigenvalue weighted by Crippen LogP contribution is -2.19. The van der Waals surface area contributed by atoms with Crippen LogP contribution in [-0.4, -0.2) is 38.2 Å². The predicted octanol–water partition coefficient (Wildman–Crippen LogP) is 2.44. The minimum absolute atomic E-state index is 0.0302. The van der Waals surface area contributed by atoms with E-state index in [4.69, 9.17) is 23.2 Å². The number of nitrogens with zero attached hydrogens (tertiary/aromatic N) is 3. The van der Waals surface area contributed by atoms with Crippen molar-refractivity contribution in [3.05, 3.63) is 33.2 Å². The van der Waals surface area contributed by atoms with Crippen LogP contribution in [0, 0.1) is 0 Å². The van der Waals surface area contributed by atoms with Crippen LogP contribution in [0.4, 0.5) is 5.13 Å². The van der Waals surface area contributed by atoms with Crippen molar-refractivity contribution in [1.82, 2.24) is 15.6 Å². The van der Waals surface area contributed by atoms with Gasteiger partial charge in [-0.2, -0.15) is 5.10 Å². The van der Waals surface area contributed by atoms with Gasteiger partial charge in [-0.25, -0.2) is 5.43 Å². The molecule has 3 N–H and O–H groups in total. The molecule has 2 aromatic rings. The molecule has 0 spiro atoms. The highest BCUT2D eigenvalue weighted by Gasteiger charge is 2.15. The lowest BCUT2D eigenvalue weighted by atomic mass is 10.2. The molecule has 0 aliphatic carbocycles. The Hall–Kier alpha value is -1.75. The number of benzene rings is 1. The van der Waals surface area contributed by atoms with Crippen LogP contribution in [0.5, 0.6) is 5.75 Å². The van der Waals surface area contributed by atoms with Crippen LogP contribution in [-0.2, 0) is 16.0 Å². The first-order valence-electron chi connectivity index (χ1n) is 6.57. The molecule has 0 unspecified atom stereocenters. The van der Waals surface area contributed by atoms with Gasteiger partial charge in [0, 0.05) is 10.0 Å². The highest BCUT2D eigenvalue weighted by molar-refractivity contribution is 9.10. The zero-order valence-corrected chi connectivity index (χ0v) is 16.2. The maximum atomic E-state index is 11.8. The number of aromatic hydroxyl groups is 1. The van der Waals surface area contributed by atoms with Crippen LogP contribution in [0.15, 0.2) is 27.8 Å². The summed E-state index contributed by atoms with van der Waals surface area (Å²) >= 11 is 15.1. The minimum atomic E-state index is -1.22. The van der Waals surface area contributed by atoms with Crippen molar-refractivity contribution in [3.63, 3.8) is 0 Å². The number of hydrogen-bond acceptors (Lipinski definition) is 7. The van der Waals surface area contributed by atoms with Crippen molar-refractivity contribution in [3.8, 4) is 5.75 Å². The molecule has 0 bridgehead atoms. The van der Waals surface area contributed by atoms with Gasteiger partial charge in [0.2, 0.25) is 11.0 Å². The van der Waals surface area contributed by atoms with Crippen molar-refractivity contribution in [2.45, 2.75) is 11.3 Å². The lowest BCUT2D eigenvalue weighted by Gasteiger charge is -2.00. The Morgan fingerprint density at radius 2 is 2.16 bits per heavy atom. The fourth-order valence-electron chi connectivity index (χ4n) is 1.51. The molecule has 0 saturated heterocycles. The number of hydrogen-bond donors (Lipinski definition) is 3. The number of anilines is 1. The van der Waals surface area contributed by atoms with E-state index in [2.05, 4.69) is 42.0 Å². The molecule has 132 valence electrons. The summed E-state index contributed by atoms with van der Waals surface area (Å²) in [6, 6.07) is 4.82. The van der Waals surface area contributed by atoms with E-state index in [9.17, 15) is 14.7 Å². The second kappa shape index (κ2) is 9.09. The van der Waals surface area contributed by atoms with Gasteiger partial charge in [0.25, 0.3) is 5.91 Å². The first kappa shape index (κ1) is 19.6. The molecule has 1 aromatic heterocycles. The van der Waals surface area contributed by atoms with Gasteiger partial charge in [0.15, 0.2) is 4.84 Å². The summed E-state index contributed by atoms with van der Waals surface area (Å²) in [6.45, 7) is 0. The number of alkyl halides is 2. The van der Waals surface area contributed by atoms with Gasteiger partial charge in [-0.1, -0.05) is 50.5 Å². The lowest BCUT2D eigenvalue weighted by molar-refractivity contribution is -0.120. The number of nitrogens with one attached hydrogen (secondary N) is 2. The van der Waals surface area contributed by atoms with Gasteiger partial charge in [-0.15, -0.1) is 10.2 Å². The Bertz CT molecular complexity index is 815. The fourth-order valence-corrected chi connectivity index (χ4v) is 2.74. The Kier molecular flexibility index (Phi) is 7.12. The van der Waals surface area contributed by atoms with Crippen molar-refractivity contribution < 1.29 is 14.7 Å². The average Bonchev–Trinajstić information content (AvgIpc) is 2.97. The quantitative estimate of drug-likeness (QED) is 0.343. The summed E-state index contributed by atoms with van der Waals surface area (Å²) in [5.74, 6) is -1.04. The van der Waals surface area contributed by atoms with Gasteiger partial charge in [0.05, 0.1) is 12.6 Å². The molecular weight excluding hydrogens is 457 g/mol. The molecule has 0 radical (unpaired) electrons. The standard InChI is InChI=1S/C13H10BrCl2N5O3S/c14-7-1-2-8(22)6(3-7)5-17-19-9(23)4-10-20-21-13(25-10)18-12(24)11(15)16/h1-3,5,11,22H,4H2,(H,19,23)(H,18,21,24)/b17-5-. The Labute approximate surface area is 164 Å². The second-order valence-corrected chi connectivity index (χ2v) is 7.54. The van der Waals surface area contributed by atoms with Crippen molar-refractivity contribution in [2.24, 2.45) is 5.10 Å². The average molecular weight is 467 g/mol. The normalized spacial score (nSPS) is 11.0. The number of rotatable bonds is 6. The number of hydrazone groups is 1. The molecule has 0 aliphatic heterocycles. The summed E-state index contributed by atoms with van der Waals surface area (Å²) in [6.07, 6.45) is 1.23. The number of halogens is 3. The van der Waals surface area contributed by atoms with Crippen molar-refractivity contribution in [1.29, 1.82) is 0 Å². The largest absolute Gasteiger partial charge is 0.507 e. The number of carbonyl (C=O) groups is 2. The number of phenolic OH excluding ortho intramolecular Hbond substituents is 1. The van der Waals surface area contributed by atoms with Gasteiger partial charge >= 0.3 is 0 Å². The molecule has 0 fully saturated rings. The van der Waals surface area contributed by atoms with E-state index in [-0.39, 0.29) is 17.3 Å². The number of phenols is 1. The summed E-state index contributed by atoms with van der Waals surface area (Å²) in [5, 5.41) is 23.8. The molecule has 0 saturated carbocycles. The first-order valence-corrected chi connectivity index (χ1v) is 9.05. The maximum Gasteiger partial charge on any atom is 0.259 e. The summed E-state index contributed by atoms with van der Waals surface area (Å²) in [4.78, 5) is 21.9. The monoisotopic (exact) mass is 465 g/mol. The number of aromatic nitrogens is 2. The van der Waals surface area contributed by atoms with E-state index in [1.54, 1.807) is 12.1 Å². The predicted molar refractivity (Wildman–Crippen MR) is 99.3 cm³/mol. The summed E-state index contributed by atoms with van der Waals surface area (Å²) in [7, 11) is 0. The molecule has 8 nitrogen and oxygen atoms in total. The molecule has 2 rings (SSSR count). The van der Waals surface area contributed by atoms with Gasteiger partial charge in [0.1, 0.15) is 10.8 Å². The van der Waals surface area contributed by atoms with Gasteiger partial charge in [-0.05, 0) is 18.2 Å². The topological polar surface area (TPSA) is 117 Å². The smallest absolute Gasteiger partial charge is 0.259 e. The third-order valence-corrected chi connectivity index (χ3v) is 4.32. The van der Waals surface area contributed by atoms with E-state index < -0.39 is 16.7 Å². The van der Waals surface area contributed by atoms with Crippen LogP contribution in [0.25, 0.3) is 0 Å². The summed E-state index contributed by atoms with van der Waals surface area (Å²) in [5.41, 5.74) is 2.75. The van der Waals surface area contributed by atoms with Crippen LogP contribution in [0.3, 0.4) is 0 Å².